The fourth-order valence-electron chi connectivity index (χ4n) is 2.77. The summed E-state index contributed by atoms with van der Waals surface area (Å²) < 4.78 is 47.2. The van der Waals surface area contributed by atoms with Gasteiger partial charge in [0.05, 0.1) is 23.6 Å². The number of ether oxygens (including phenoxy) is 1. The summed E-state index contributed by atoms with van der Waals surface area (Å²) in [5.74, 6) is 0.610. The second-order valence-corrected chi connectivity index (χ2v) is 8.17. The van der Waals surface area contributed by atoms with Crippen LogP contribution in [0.15, 0.2) is 52.1 Å². The fourth-order valence-corrected chi connectivity index (χ4v) is 3.93. The molecule has 31 heavy (non-hydrogen) atoms. The molecule has 1 heterocycles. The molecule has 0 aliphatic heterocycles. The number of carbonyl (C=O) groups is 1. The molecule has 0 saturated carbocycles. The van der Waals surface area contributed by atoms with Gasteiger partial charge in [-0.1, -0.05) is 27.7 Å². The van der Waals surface area contributed by atoms with Gasteiger partial charge in [-0.2, -0.15) is 13.2 Å². The lowest BCUT2D eigenvalue weighted by atomic mass is 10.1. The molecule has 2 aromatic carbocycles. The Hall–Kier alpha value is -2.53. The minimum absolute atomic E-state index is 0.136. The Bertz CT molecular complexity index is 1070. The van der Waals surface area contributed by atoms with Gasteiger partial charge in [0.25, 0.3) is 0 Å². The van der Waals surface area contributed by atoms with Gasteiger partial charge < -0.3 is 10.1 Å². The lowest BCUT2D eigenvalue weighted by Gasteiger charge is -2.14. The van der Waals surface area contributed by atoms with E-state index in [0.717, 1.165) is 29.3 Å². The molecule has 0 bridgehead atoms. The number of nitrogens with zero attached hydrogens (tertiary/aromatic N) is 3. The smallest absolute Gasteiger partial charge is 0.418 e. The van der Waals surface area contributed by atoms with Crippen molar-refractivity contribution >= 4 is 39.3 Å². The van der Waals surface area contributed by atoms with Crippen LogP contribution in [-0.4, -0.2) is 33.0 Å². The van der Waals surface area contributed by atoms with Crippen LogP contribution in [0.5, 0.6) is 5.75 Å². The molecule has 6 nitrogen and oxygen atoms in total. The number of aryl methyl sites for hydroxylation is 1. The molecule has 1 amide bonds. The maximum Gasteiger partial charge on any atom is 0.418 e. The van der Waals surface area contributed by atoms with E-state index in [2.05, 4.69) is 31.4 Å². The van der Waals surface area contributed by atoms with Crippen LogP contribution < -0.4 is 10.1 Å². The number of benzene rings is 2. The summed E-state index contributed by atoms with van der Waals surface area (Å²) in [7, 11) is 0. The molecule has 11 heteroatoms. The fraction of sp³-hybridized carbons (Fsp3) is 0.250. The number of hydrogen-bond acceptors (Lipinski definition) is 5. The summed E-state index contributed by atoms with van der Waals surface area (Å²) >= 11 is 4.10. The molecule has 0 saturated heterocycles. The largest absolute Gasteiger partial charge is 0.494 e. The Kier molecular flexibility index (Phi) is 7.26. The second-order valence-electron chi connectivity index (χ2n) is 6.32. The van der Waals surface area contributed by atoms with Gasteiger partial charge in [-0.05, 0) is 56.3 Å². The zero-order valence-electron chi connectivity index (χ0n) is 16.5. The van der Waals surface area contributed by atoms with Crippen molar-refractivity contribution in [2.24, 2.45) is 0 Å². The number of nitrogens with one attached hydrogen (secondary N) is 1. The van der Waals surface area contributed by atoms with Crippen LogP contribution in [0.2, 0.25) is 0 Å². The summed E-state index contributed by atoms with van der Waals surface area (Å²) in [4.78, 5) is 12.3. The Balaban J connectivity index is 1.72. The van der Waals surface area contributed by atoms with E-state index in [1.165, 1.54) is 12.1 Å². The highest BCUT2D eigenvalue weighted by molar-refractivity contribution is 9.10. The zero-order valence-corrected chi connectivity index (χ0v) is 18.9. The monoisotopic (exact) mass is 514 g/mol. The third-order valence-corrected chi connectivity index (χ3v) is 5.52. The molecular weight excluding hydrogens is 497 g/mol. The molecule has 0 fully saturated rings. The Labute approximate surface area is 189 Å². The molecule has 0 atom stereocenters. The SMILES string of the molecule is CCOc1ccc(-n2c(C)nnc2SCC(=O)Nc2ccc(Br)cc2C(F)(F)F)cc1. The minimum atomic E-state index is -4.59. The Morgan fingerprint density at radius 1 is 1.19 bits per heavy atom. The van der Waals surface area contributed by atoms with Crippen LogP contribution in [0, 0.1) is 6.92 Å². The lowest BCUT2D eigenvalue weighted by molar-refractivity contribution is -0.137. The Morgan fingerprint density at radius 2 is 1.90 bits per heavy atom. The van der Waals surface area contributed by atoms with Gasteiger partial charge in [0.1, 0.15) is 11.6 Å². The van der Waals surface area contributed by atoms with E-state index in [1.54, 1.807) is 11.5 Å². The molecule has 0 aliphatic rings. The number of halogens is 4. The molecular formula is C20H18BrF3N4O2S. The average molecular weight is 515 g/mol. The third-order valence-electron chi connectivity index (χ3n) is 4.09. The van der Waals surface area contributed by atoms with Crippen molar-refractivity contribution < 1.29 is 22.7 Å². The van der Waals surface area contributed by atoms with Crippen LogP contribution >= 0.6 is 27.7 Å². The van der Waals surface area contributed by atoms with E-state index in [4.69, 9.17) is 4.74 Å². The molecule has 3 aromatic rings. The van der Waals surface area contributed by atoms with Gasteiger partial charge in [-0.25, -0.2) is 0 Å². The number of carbonyl (C=O) groups excluding carboxylic acids is 1. The summed E-state index contributed by atoms with van der Waals surface area (Å²) in [6.45, 7) is 4.21. The molecule has 1 N–H and O–H groups in total. The molecule has 0 radical (unpaired) electrons. The second kappa shape index (κ2) is 9.73. The molecule has 164 valence electrons. The summed E-state index contributed by atoms with van der Waals surface area (Å²) in [6.07, 6.45) is -4.59. The predicted octanol–water partition coefficient (Wildman–Crippen LogP) is 5.49. The topological polar surface area (TPSA) is 69.0 Å². The van der Waals surface area contributed by atoms with Crippen molar-refractivity contribution in [3.8, 4) is 11.4 Å². The van der Waals surface area contributed by atoms with Gasteiger partial charge in [0.15, 0.2) is 5.16 Å². The van der Waals surface area contributed by atoms with Crippen LogP contribution in [0.1, 0.15) is 18.3 Å². The normalized spacial score (nSPS) is 11.4. The van der Waals surface area contributed by atoms with Crippen LogP contribution in [-0.2, 0) is 11.0 Å². The predicted molar refractivity (Wildman–Crippen MR) is 116 cm³/mol. The number of rotatable bonds is 7. The highest BCUT2D eigenvalue weighted by Gasteiger charge is 2.34. The van der Waals surface area contributed by atoms with Crippen LogP contribution in [0.4, 0.5) is 18.9 Å². The van der Waals surface area contributed by atoms with Gasteiger partial charge in [-0.15, -0.1) is 10.2 Å². The first kappa shape index (κ1) is 23.1. The van der Waals surface area contributed by atoms with Crippen molar-refractivity contribution in [1.29, 1.82) is 0 Å². The molecule has 0 spiro atoms. The first-order valence-electron chi connectivity index (χ1n) is 9.13. The lowest BCUT2D eigenvalue weighted by Crippen LogP contribution is -2.18. The quantitative estimate of drug-likeness (QED) is 0.422. The van der Waals surface area contributed by atoms with Gasteiger partial charge in [0, 0.05) is 10.2 Å². The number of anilines is 1. The van der Waals surface area contributed by atoms with E-state index in [1.807, 2.05) is 31.2 Å². The number of thioether (sulfide) groups is 1. The van der Waals surface area contributed by atoms with Crippen molar-refractivity contribution in [2.75, 3.05) is 17.7 Å². The highest BCUT2D eigenvalue weighted by atomic mass is 79.9. The van der Waals surface area contributed by atoms with E-state index in [-0.39, 0.29) is 15.9 Å². The summed E-state index contributed by atoms with van der Waals surface area (Å²) in [5.41, 5.74) is -0.444. The summed E-state index contributed by atoms with van der Waals surface area (Å²) in [5, 5.41) is 10.9. The molecule has 1 aromatic heterocycles. The van der Waals surface area contributed by atoms with Crippen LogP contribution in [0.25, 0.3) is 5.69 Å². The number of hydrogen-bond donors (Lipinski definition) is 1. The number of aromatic nitrogens is 3. The van der Waals surface area contributed by atoms with Crippen molar-refractivity contribution in [1.82, 2.24) is 14.8 Å². The Morgan fingerprint density at radius 3 is 2.55 bits per heavy atom. The van der Waals surface area contributed by atoms with Gasteiger partial charge in [-0.3, -0.25) is 9.36 Å². The molecule has 0 unspecified atom stereocenters. The first-order chi connectivity index (χ1) is 14.7. The van der Waals surface area contributed by atoms with Gasteiger partial charge in [0.2, 0.25) is 5.91 Å². The van der Waals surface area contributed by atoms with E-state index >= 15 is 0 Å². The van der Waals surface area contributed by atoms with E-state index in [9.17, 15) is 18.0 Å². The van der Waals surface area contributed by atoms with Crippen molar-refractivity contribution in [3.05, 3.63) is 58.3 Å². The summed E-state index contributed by atoms with van der Waals surface area (Å²) in [6, 6.07) is 10.9. The van der Waals surface area contributed by atoms with Crippen molar-refractivity contribution in [2.45, 2.75) is 25.2 Å². The highest BCUT2D eigenvalue weighted by Crippen LogP contribution is 2.36. The molecule has 0 aliphatic carbocycles. The maximum atomic E-state index is 13.2. The minimum Gasteiger partial charge on any atom is -0.494 e. The van der Waals surface area contributed by atoms with Crippen LogP contribution in [0.3, 0.4) is 0 Å². The molecule has 3 rings (SSSR count). The van der Waals surface area contributed by atoms with Gasteiger partial charge >= 0.3 is 6.18 Å². The average Bonchev–Trinajstić information content (AvgIpc) is 3.08. The number of alkyl halides is 3. The third kappa shape index (κ3) is 5.79. The van der Waals surface area contributed by atoms with E-state index < -0.39 is 17.6 Å². The first-order valence-corrected chi connectivity index (χ1v) is 10.9. The van der Waals surface area contributed by atoms with E-state index in [0.29, 0.717) is 17.6 Å². The standard InChI is InChI=1S/C20H18BrF3N4O2S/c1-3-30-15-7-5-14(6-8-15)28-12(2)26-27-19(28)31-11-18(29)25-17-9-4-13(21)10-16(17)20(22,23)24/h4-10H,3,11H2,1-2H3,(H,25,29). The maximum absolute atomic E-state index is 13.2. The zero-order chi connectivity index (χ0) is 22.6. The van der Waals surface area contributed by atoms with Crippen molar-refractivity contribution in [3.63, 3.8) is 0 Å². The number of amides is 1.